The van der Waals surface area contributed by atoms with Crippen LogP contribution in [-0.4, -0.2) is 46.1 Å². The van der Waals surface area contributed by atoms with Crippen molar-refractivity contribution in [1.29, 1.82) is 0 Å². The predicted octanol–water partition coefficient (Wildman–Crippen LogP) is 2.77. The standard InChI is InChI=1S/C17H15F3N6/c18-17(19,20)15-8-16(24-11-23-15)26-5-3-25(4-6-26)13-1-2-14-12(7-13)9-21-10-22-14/h1-2,7-11H,3-6H2. The van der Waals surface area contributed by atoms with Crippen LogP contribution < -0.4 is 9.80 Å². The van der Waals surface area contributed by atoms with Gasteiger partial charge in [0.15, 0.2) is 0 Å². The van der Waals surface area contributed by atoms with Crippen molar-refractivity contribution in [3.63, 3.8) is 0 Å². The van der Waals surface area contributed by atoms with Gasteiger partial charge in [-0.3, -0.25) is 0 Å². The molecule has 4 rings (SSSR count). The maximum absolute atomic E-state index is 12.8. The molecule has 0 amide bonds. The Balaban J connectivity index is 1.48. The molecule has 0 bridgehead atoms. The molecule has 0 saturated carbocycles. The van der Waals surface area contributed by atoms with Crippen molar-refractivity contribution in [3.8, 4) is 0 Å². The number of fused-ring (bicyclic) bond motifs is 1. The zero-order valence-corrected chi connectivity index (χ0v) is 13.7. The number of rotatable bonds is 2. The molecule has 1 fully saturated rings. The molecule has 0 aliphatic carbocycles. The quantitative estimate of drug-likeness (QED) is 0.700. The second-order valence-electron chi connectivity index (χ2n) is 6.00. The van der Waals surface area contributed by atoms with Crippen LogP contribution in [-0.2, 0) is 6.18 Å². The third-order valence-electron chi connectivity index (χ3n) is 4.40. The summed E-state index contributed by atoms with van der Waals surface area (Å²) in [7, 11) is 0. The summed E-state index contributed by atoms with van der Waals surface area (Å²) in [4.78, 5) is 19.6. The average molecular weight is 360 g/mol. The van der Waals surface area contributed by atoms with Crippen LogP contribution in [0, 0.1) is 0 Å². The van der Waals surface area contributed by atoms with Gasteiger partial charge in [0.25, 0.3) is 0 Å². The van der Waals surface area contributed by atoms with E-state index in [1.165, 1.54) is 6.33 Å². The lowest BCUT2D eigenvalue weighted by molar-refractivity contribution is -0.141. The van der Waals surface area contributed by atoms with Crippen molar-refractivity contribution < 1.29 is 13.2 Å². The van der Waals surface area contributed by atoms with Crippen LogP contribution in [0.1, 0.15) is 5.69 Å². The van der Waals surface area contributed by atoms with E-state index in [0.717, 1.165) is 29.0 Å². The number of aromatic nitrogens is 4. The van der Waals surface area contributed by atoms with E-state index in [2.05, 4.69) is 24.8 Å². The largest absolute Gasteiger partial charge is 0.433 e. The molecule has 1 aliphatic rings. The van der Waals surface area contributed by atoms with Gasteiger partial charge >= 0.3 is 6.18 Å². The third-order valence-corrected chi connectivity index (χ3v) is 4.40. The summed E-state index contributed by atoms with van der Waals surface area (Å²) in [6.07, 6.45) is -0.222. The average Bonchev–Trinajstić information content (AvgIpc) is 2.67. The Kier molecular flexibility index (Phi) is 4.06. The van der Waals surface area contributed by atoms with E-state index in [1.54, 1.807) is 6.20 Å². The van der Waals surface area contributed by atoms with E-state index in [4.69, 9.17) is 0 Å². The summed E-state index contributed by atoms with van der Waals surface area (Å²) in [5.41, 5.74) is 1.01. The zero-order valence-electron chi connectivity index (χ0n) is 13.7. The molecule has 26 heavy (non-hydrogen) atoms. The Morgan fingerprint density at radius 3 is 2.38 bits per heavy atom. The summed E-state index contributed by atoms with van der Waals surface area (Å²) < 4.78 is 38.5. The third kappa shape index (κ3) is 3.24. The Labute approximate surface area is 147 Å². The first-order chi connectivity index (χ1) is 12.5. The molecule has 1 aromatic carbocycles. The number of benzene rings is 1. The predicted molar refractivity (Wildman–Crippen MR) is 91.0 cm³/mol. The van der Waals surface area contributed by atoms with Crippen molar-refractivity contribution in [2.75, 3.05) is 36.0 Å². The summed E-state index contributed by atoms with van der Waals surface area (Å²) in [6, 6.07) is 6.97. The van der Waals surface area contributed by atoms with Crippen LogP contribution in [0.4, 0.5) is 24.7 Å². The molecule has 0 atom stereocenters. The van der Waals surface area contributed by atoms with Gasteiger partial charge in [-0.05, 0) is 18.2 Å². The molecule has 9 heteroatoms. The molecule has 1 saturated heterocycles. The van der Waals surface area contributed by atoms with Gasteiger partial charge in [-0.25, -0.2) is 19.9 Å². The van der Waals surface area contributed by atoms with E-state index in [-0.39, 0.29) is 0 Å². The second kappa shape index (κ2) is 6.40. The number of alkyl halides is 3. The summed E-state index contributed by atoms with van der Waals surface area (Å²) in [5.74, 6) is 0.305. The molecule has 6 nitrogen and oxygen atoms in total. The number of anilines is 2. The number of nitrogens with zero attached hydrogens (tertiary/aromatic N) is 6. The fourth-order valence-corrected chi connectivity index (χ4v) is 3.04. The molecule has 3 heterocycles. The smallest absolute Gasteiger partial charge is 0.368 e. The van der Waals surface area contributed by atoms with Crippen molar-refractivity contribution in [1.82, 2.24) is 19.9 Å². The van der Waals surface area contributed by atoms with Crippen molar-refractivity contribution in [2.24, 2.45) is 0 Å². The van der Waals surface area contributed by atoms with Crippen LogP contribution in [0.5, 0.6) is 0 Å². The number of halogens is 3. The monoisotopic (exact) mass is 360 g/mol. The molecule has 0 spiro atoms. The molecular formula is C17H15F3N6. The lowest BCUT2D eigenvalue weighted by Gasteiger charge is -2.36. The Hall–Kier alpha value is -2.97. The van der Waals surface area contributed by atoms with Crippen LogP contribution in [0.2, 0.25) is 0 Å². The number of hydrogen-bond donors (Lipinski definition) is 0. The first kappa shape index (κ1) is 16.5. The van der Waals surface area contributed by atoms with Crippen LogP contribution in [0.15, 0.2) is 43.1 Å². The SMILES string of the molecule is FC(F)(F)c1cc(N2CCN(c3ccc4ncncc4c3)CC2)ncn1. The molecular weight excluding hydrogens is 345 g/mol. The number of piperazine rings is 1. The minimum Gasteiger partial charge on any atom is -0.368 e. The van der Waals surface area contributed by atoms with E-state index in [0.29, 0.717) is 32.0 Å². The molecule has 0 unspecified atom stereocenters. The van der Waals surface area contributed by atoms with Crippen LogP contribution >= 0.6 is 0 Å². The Morgan fingerprint density at radius 1 is 0.846 bits per heavy atom. The molecule has 3 aromatic rings. The maximum Gasteiger partial charge on any atom is 0.433 e. The highest BCUT2D eigenvalue weighted by molar-refractivity contribution is 5.81. The Morgan fingerprint density at radius 2 is 1.62 bits per heavy atom. The fourth-order valence-electron chi connectivity index (χ4n) is 3.04. The zero-order chi connectivity index (χ0) is 18.1. The molecule has 0 N–H and O–H groups in total. The van der Waals surface area contributed by atoms with Gasteiger partial charge in [-0.2, -0.15) is 13.2 Å². The van der Waals surface area contributed by atoms with Gasteiger partial charge in [0.2, 0.25) is 0 Å². The van der Waals surface area contributed by atoms with Gasteiger partial charge in [0.1, 0.15) is 24.2 Å². The fraction of sp³-hybridized carbons (Fsp3) is 0.294. The first-order valence-corrected chi connectivity index (χ1v) is 8.09. The molecule has 1 aliphatic heterocycles. The second-order valence-corrected chi connectivity index (χ2v) is 6.00. The Bertz CT molecular complexity index is 922. The van der Waals surface area contributed by atoms with Gasteiger partial charge in [0.05, 0.1) is 5.52 Å². The van der Waals surface area contributed by atoms with Crippen LogP contribution in [0.25, 0.3) is 10.9 Å². The van der Waals surface area contributed by atoms with E-state index >= 15 is 0 Å². The first-order valence-electron chi connectivity index (χ1n) is 8.09. The highest BCUT2D eigenvalue weighted by atomic mass is 19.4. The maximum atomic E-state index is 12.8. The minimum atomic E-state index is -4.47. The highest BCUT2D eigenvalue weighted by Gasteiger charge is 2.33. The molecule has 134 valence electrons. The van der Waals surface area contributed by atoms with Gasteiger partial charge in [0, 0.05) is 49.5 Å². The lowest BCUT2D eigenvalue weighted by atomic mass is 10.2. The van der Waals surface area contributed by atoms with Crippen molar-refractivity contribution in [3.05, 3.63) is 48.8 Å². The summed E-state index contributed by atoms with van der Waals surface area (Å²) in [5, 5.41) is 0.957. The molecule has 2 aromatic heterocycles. The van der Waals surface area contributed by atoms with Crippen LogP contribution in [0.3, 0.4) is 0 Å². The van der Waals surface area contributed by atoms with E-state index in [9.17, 15) is 13.2 Å². The minimum absolute atomic E-state index is 0.305. The van der Waals surface area contributed by atoms with Crippen molar-refractivity contribution in [2.45, 2.75) is 6.18 Å². The molecule has 0 radical (unpaired) electrons. The topological polar surface area (TPSA) is 58.0 Å². The van der Waals surface area contributed by atoms with E-state index < -0.39 is 11.9 Å². The summed E-state index contributed by atoms with van der Waals surface area (Å²) in [6.45, 7) is 2.53. The highest BCUT2D eigenvalue weighted by Crippen LogP contribution is 2.29. The number of hydrogen-bond acceptors (Lipinski definition) is 6. The van der Waals surface area contributed by atoms with Gasteiger partial charge < -0.3 is 9.80 Å². The van der Waals surface area contributed by atoms with Gasteiger partial charge in [-0.1, -0.05) is 0 Å². The lowest BCUT2D eigenvalue weighted by Crippen LogP contribution is -2.46. The van der Waals surface area contributed by atoms with E-state index in [1.807, 2.05) is 23.1 Å². The normalized spacial score (nSPS) is 15.5. The summed E-state index contributed by atoms with van der Waals surface area (Å²) >= 11 is 0. The van der Waals surface area contributed by atoms with Gasteiger partial charge in [-0.15, -0.1) is 0 Å². The van der Waals surface area contributed by atoms with Crippen molar-refractivity contribution >= 4 is 22.4 Å².